The summed E-state index contributed by atoms with van der Waals surface area (Å²) in [6.45, 7) is 1.25. The minimum Gasteiger partial charge on any atom is -0.467 e. The summed E-state index contributed by atoms with van der Waals surface area (Å²) in [6, 6.07) is 3.42. The second-order valence-corrected chi connectivity index (χ2v) is 3.99. The van der Waals surface area contributed by atoms with Crippen LogP contribution in [0.4, 0.5) is 0 Å². The molecule has 0 spiro atoms. The van der Waals surface area contributed by atoms with Gasteiger partial charge in [-0.2, -0.15) is 0 Å². The molecule has 0 radical (unpaired) electrons. The molecule has 2 unspecified atom stereocenters. The molecule has 2 atom stereocenters. The predicted octanol–water partition coefficient (Wildman–Crippen LogP) is -0.246. The maximum Gasteiger partial charge on any atom is 0.129 e. The van der Waals surface area contributed by atoms with Gasteiger partial charge < -0.3 is 29.4 Å². The smallest absolute Gasteiger partial charge is 0.129 e. The molecule has 3 N–H and O–H groups in total. The van der Waals surface area contributed by atoms with Crippen LogP contribution in [0.25, 0.3) is 0 Å². The van der Waals surface area contributed by atoms with E-state index in [2.05, 4.69) is 5.32 Å². The Labute approximate surface area is 107 Å². The lowest BCUT2D eigenvalue weighted by Crippen LogP contribution is -2.42. The van der Waals surface area contributed by atoms with Crippen molar-refractivity contribution in [1.82, 2.24) is 5.32 Å². The molecule has 0 aliphatic heterocycles. The maximum atomic E-state index is 9.65. The average molecular weight is 259 g/mol. The van der Waals surface area contributed by atoms with Gasteiger partial charge in [0, 0.05) is 13.7 Å². The number of aliphatic hydroxyl groups is 2. The number of ether oxygens (including phenoxy) is 2. The van der Waals surface area contributed by atoms with Crippen LogP contribution < -0.4 is 5.32 Å². The van der Waals surface area contributed by atoms with E-state index in [0.29, 0.717) is 19.8 Å². The fraction of sp³-hybridized carbons (Fsp3) is 0.667. The predicted molar refractivity (Wildman–Crippen MR) is 65.1 cm³/mol. The first-order valence-electron chi connectivity index (χ1n) is 5.87. The molecule has 0 saturated heterocycles. The molecule has 18 heavy (non-hydrogen) atoms. The highest BCUT2D eigenvalue weighted by molar-refractivity contribution is 4.96. The van der Waals surface area contributed by atoms with Crippen molar-refractivity contribution >= 4 is 0 Å². The van der Waals surface area contributed by atoms with Crippen molar-refractivity contribution < 1.29 is 24.1 Å². The van der Waals surface area contributed by atoms with Crippen molar-refractivity contribution in [3.63, 3.8) is 0 Å². The van der Waals surface area contributed by atoms with E-state index >= 15 is 0 Å². The Balaban J connectivity index is 2.07. The summed E-state index contributed by atoms with van der Waals surface area (Å²) < 4.78 is 15.3. The first-order valence-corrected chi connectivity index (χ1v) is 5.87. The molecule has 0 amide bonds. The number of hydrogen-bond donors (Lipinski definition) is 3. The summed E-state index contributed by atoms with van der Waals surface area (Å²) in [5.74, 6) is 0.725. The van der Waals surface area contributed by atoms with E-state index in [1.54, 1.807) is 19.4 Å². The van der Waals surface area contributed by atoms with Crippen molar-refractivity contribution in [2.75, 3.05) is 33.5 Å². The van der Waals surface area contributed by atoms with Gasteiger partial charge in [-0.15, -0.1) is 0 Å². The van der Waals surface area contributed by atoms with Crippen molar-refractivity contribution in [2.45, 2.75) is 18.8 Å². The Bertz CT molecular complexity index is 291. The lowest BCUT2D eigenvalue weighted by molar-refractivity contribution is 0.0184. The van der Waals surface area contributed by atoms with Crippen LogP contribution in [0.2, 0.25) is 0 Å². The zero-order valence-corrected chi connectivity index (χ0v) is 10.5. The maximum absolute atomic E-state index is 9.65. The van der Waals surface area contributed by atoms with E-state index in [9.17, 15) is 5.11 Å². The van der Waals surface area contributed by atoms with Crippen LogP contribution in [-0.2, 0) is 16.1 Å². The summed E-state index contributed by atoms with van der Waals surface area (Å²) in [5, 5.41) is 21.6. The van der Waals surface area contributed by atoms with Gasteiger partial charge in [-0.25, -0.2) is 0 Å². The van der Waals surface area contributed by atoms with E-state index in [4.69, 9.17) is 19.0 Å². The molecule has 0 fully saturated rings. The fourth-order valence-electron chi connectivity index (χ4n) is 1.43. The number of hydrogen-bond acceptors (Lipinski definition) is 6. The largest absolute Gasteiger partial charge is 0.467 e. The van der Waals surface area contributed by atoms with Gasteiger partial charge in [0.1, 0.15) is 12.4 Å². The Morgan fingerprint density at radius 2 is 2.28 bits per heavy atom. The highest BCUT2D eigenvalue weighted by atomic mass is 16.5. The van der Waals surface area contributed by atoms with Gasteiger partial charge >= 0.3 is 0 Å². The highest BCUT2D eigenvalue weighted by Crippen LogP contribution is 2.01. The Kier molecular flexibility index (Phi) is 7.63. The zero-order chi connectivity index (χ0) is 13.2. The minimum absolute atomic E-state index is 0.0339. The third kappa shape index (κ3) is 6.13. The third-order valence-corrected chi connectivity index (χ3v) is 2.37. The van der Waals surface area contributed by atoms with E-state index in [1.807, 2.05) is 6.07 Å². The van der Waals surface area contributed by atoms with Crippen molar-refractivity contribution in [2.24, 2.45) is 0 Å². The molecule has 1 rings (SSSR count). The molecule has 0 bridgehead atoms. The quantitative estimate of drug-likeness (QED) is 0.537. The summed E-state index contributed by atoms with van der Waals surface area (Å²) in [4.78, 5) is 0. The lowest BCUT2D eigenvalue weighted by Gasteiger charge is -2.18. The number of rotatable bonds is 10. The highest BCUT2D eigenvalue weighted by Gasteiger charge is 2.10. The molecule has 0 aliphatic rings. The molecule has 0 saturated carbocycles. The van der Waals surface area contributed by atoms with Gasteiger partial charge in [0.15, 0.2) is 0 Å². The zero-order valence-electron chi connectivity index (χ0n) is 10.5. The molecule has 1 aromatic heterocycles. The van der Waals surface area contributed by atoms with Gasteiger partial charge in [0.2, 0.25) is 0 Å². The summed E-state index contributed by atoms with van der Waals surface area (Å²) in [5.41, 5.74) is 0. The second-order valence-electron chi connectivity index (χ2n) is 3.99. The van der Waals surface area contributed by atoms with E-state index < -0.39 is 6.10 Å². The molecule has 1 aromatic rings. The average Bonchev–Trinajstić information content (AvgIpc) is 2.87. The topological polar surface area (TPSA) is 84.1 Å². The third-order valence-electron chi connectivity index (χ3n) is 2.37. The first kappa shape index (κ1) is 15.1. The van der Waals surface area contributed by atoms with Gasteiger partial charge in [-0.3, -0.25) is 0 Å². The number of aliphatic hydroxyl groups excluding tert-OH is 2. The first-order chi connectivity index (χ1) is 8.76. The summed E-state index contributed by atoms with van der Waals surface area (Å²) in [7, 11) is 1.56. The van der Waals surface area contributed by atoms with Crippen molar-refractivity contribution in [1.29, 1.82) is 0 Å². The van der Waals surface area contributed by atoms with Crippen LogP contribution >= 0.6 is 0 Å². The number of furan rings is 1. The molecule has 6 heteroatoms. The molecule has 0 aliphatic carbocycles. The van der Waals surface area contributed by atoms with E-state index in [0.717, 1.165) is 5.76 Å². The second kappa shape index (κ2) is 9.07. The Morgan fingerprint density at radius 1 is 1.44 bits per heavy atom. The van der Waals surface area contributed by atoms with Crippen LogP contribution in [0.15, 0.2) is 22.8 Å². The van der Waals surface area contributed by atoms with Crippen LogP contribution in [0, 0.1) is 0 Å². The fourth-order valence-corrected chi connectivity index (χ4v) is 1.43. The molecule has 6 nitrogen and oxygen atoms in total. The SMILES string of the molecule is COCC(CO)NCC(O)COCc1ccco1. The van der Waals surface area contributed by atoms with Gasteiger partial charge in [-0.1, -0.05) is 0 Å². The molecule has 0 aromatic carbocycles. The van der Waals surface area contributed by atoms with Crippen LogP contribution in [-0.4, -0.2) is 55.8 Å². The minimum atomic E-state index is -0.633. The van der Waals surface area contributed by atoms with Gasteiger partial charge in [0.05, 0.1) is 38.2 Å². The van der Waals surface area contributed by atoms with Crippen LogP contribution in [0.5, 0.6) is 0 Å². The monoisotopic (exact) mass is 259 g/mol. The van der Waals surface area contributed by atoms with Crippen molar-refractivity contribution in [3.05, 3.63) is 24.2 Å². The normalized spacial score (nSPS) is 14.6. The molecule has 104 valence electrons. The molecule has 1 heterocycles. The standard InChI is InChI=1S/C12H21NO5/c1-16-7-10(6-14)13-5-11(15)8-17-9-12-3-2-4-18-12/h2-4,10-11,13-15H,5-9H2,1H3. The van der Waals surface area contributed by atoms with Crippen molar-refractivity contribution in [3.8, 4) is 0 Å². The Morgan fingerprint density at radius 3 is 2.89 bits per heavy atom. The van der Waals surface area contributed by atoms with Gasteiger partial charge in [0.25, 0.3) is 0 Å². The van der Waals surface area contributed by atoms with Gasteiger partial charge in [-0.05, 0) is 12.1 Å². The van der Waals surface area contributed by atoms with Crippen LogP contribution in [0.1, 0.15) is 5.76 Å². The molecular formula is C12H21NO5. The number of methoxy groups -OCH3 is 1. The Hall–Kier alpha value is -0.920. The van der Waals surface area contributed by atoms with E-state index in [1.165, 1.54) is 0 Å². The number of nitrogens with one attached hydrogen (secondary N) is 1. The lowest BCUT2D eigenvalue weighted by atomic mass is 10.3. The van der Waals surface area contributed by atoms with E-state index in [-0.39, 0.29) is 19.3 Å². The summed E-state index contributed by atoms with van der Waals surface area (Å²) in [6.07, 6.45) is 0.943. The summed E-state index contributed by atoms with van der Waals surface area (Å²) >= 11 is 0. The molecular weight excluding hydrogens is 238 g/mol. The van der Waals surface area contributed by atoms with Crippen LogP contribution in [0.3, 0.4) is 0 Å².